The average Bonchev–Trinajstić information content (AvgIpc) is 3.90. The molecule has 1 fully saturated rings. The lowest BCUT2D eigenvalue weighted by molar-refractivity contribution is 0.0776. The lowest BCUT2D eigenvalue weighted by Crippen LogP contribution is -2.22. The fourth-order valence-corrected chi connectivity index (χ4v) is 8.47. The number of pyridine rings is 2. The zero-order valence-corrected chi connectivity index (χ0v) is 26.5. The zero-order valence-electron chi connectivity index (χ0n) is 25.7. The molecule has 9 rings (SSSR count). The molecule has 3 aliphatic heterocycles. The molecule has 1 saturated heterocycles. The number of H-pyrrole nitrogens is 1. The Morgan fingerprint density at radius 1 is 1.02 bits per heavy atom. The van der Waals surface area contributed by atoms with Crippen molar-refractivity contribution in [3.8, 4) is 27.6 Å². The van der Waals surface area contributed by atoms with Crippen molar-refractivity contribution in [3.05, 3.63) is 111 Å². The Hall–Kier alpha value is -5.36. The largest absolute Gasteiger partial charge is 0.493 e. The van der Waals surface area contributed by atoms with Crippen LogP contribution in [0.3, 0.4) is 0 Å². The normalized spacial score (nSPS) is 18.1. The summed E-state index contributed by atoms with van der Waals surface area (Å²) in [5.41, 5.74) is 5.13. The fraction of sp³-hybridized carbons (Fsp3) is 0.250. The average molecular weight is 661 g/mol. The van der Waals surface area contributed by atoms with Crippen molar-refractivity contribution < 1.29 is 18.3 Å². The summed E-state index contributed by atoms with van der Waals surface area (Å²) in [4.78, 5) is 39.1. The summed E-state index contributed by atoms with van der Waals surface area (Å²) in [6, 6.07) is 18.4. The predicted molar refractivity (Wildman–Crippen MR) is 179 cm³/mol. The van der Waals surface area contributed by atoms with Gasteiger partial charge in [-0.1, -0.05) is 30.3 Å². The van der Waals surface area contributed by atoms with Crippen molar-refractivity contribution >= 4 is 33.1 Å². The molecule has 0 radical (unpaired) electrons. The van der Waals surface area contributed by atoms with Gasteiger partial charge >= 0.3 is 5.76 Å². The second-order valence-corrected chi connectivity index (χ2v) is 13.4. The number of ether oxygens (including phenoxy) is 1. The zero-order chi connectivity index (χ0) is 32.4. The number of benzene rings is 2. The molecule has 12 heteroatoms. The minimum Gasteiger partial charge on any atom is -0.493 e. The van der Waals surface area contributed by atoms with E-state index in [2.05, 4.69) is 27.6 Å². The summed E-state index contributed by atoms with van der Waals surface area (Å²) in [6.07, 6.45) is 5.33. The van der Waals surface area contributed by atoms with Crippen LogP contribution in [0.1, 0.15) is 64.2 Å². The van der Waals surface area contributed by atoms with Crippen molar-refractivity contribution in [1.29, 1.82) is 0 Å². The maximum Gasteiger partial charge on any atom is 0.434 e. The first kappa shape index (κ1) is 28.8. The van der Waals surface area contributed by atoms with Crippen LogP contribution in [0.15, 0.2) is 76.1 Å². The van der Waals surface area contributed by atoms with Crippen LogP contribution in [0.25, 0.3) is 32.0 Å². The van der Waals surface area contributed by atoms with E-state index in [9.17, 15) is 14.0 Å². The van der Waals surface area contributed by atoms with E-state index >= 15 is 0 Å². The number of halogens is 1. The number of hydrogen-bond acceptors (Lipinski definition) is 9. The van der Waals surface area contributed by atoms with Crippen LogP contribution in [-0.2, 0) is 12.8 Å². The standard InChI is InChI=1S/C36H29FN6O4S/c37-21-10-7-19(8-11-21)9-12-24-28(34-41-42-36(45)47-34)29(30-31(39-24)25-5-3-16-43(25)35(30)44)27-18-20-13-15-38-33(32(20)48-27)40-23-14-17-46-26-6-2-1-4-22(23)26/h1-2,4,6-8,10-11,13,15,18,23,25H,3,5,9,12,14,16-17H2,(H,38,40)(H,42,45)/t23-,25+/m0/s1. The summed E-state index contributed by atoms with van der Waals surface area (Å²) in [7, 11) is 0. The van der Waals surface area contributed by atoms with Gasteiger partial charge in [0, 0.05) is 35.2 Å². The van der Waals surface area contributed by atoms with Gasteiger partial charge in [-0.25, -0.2) is 19.3 Å². The lowest BCUT2D eigenvalue weighted by atomic mass is 9.93. The number of rotatable bonds is 7. The van der Waals surface area contributed by atoms with Crippen LogP contribution in [0.5, 0.6) is 5.75 Å². The second kappa shape index (κ2) is 11.4. The molecule has 48 heavy (non-hydrogen) atoms. The molecule has 10 nitrogen and oxygen atoms in total. The molecule has 3 aliphatic rings. The summed E-state index contributed by atoms with van der Waals surface area (Å²) in [6.45, 7) is 1.26. The Labute approximate surface area is 277 Å². The Bertz CT molecular complexity index is 2280. The number of para-hydroxylation sites is 1. The number of aromatic nitrogens is 4. The first-order valence-corrected chi connectivity index (χ1v) is 16.9. The van der Waals surface area contributed by atoms with Crippen LogP contribution in [0.2, 0.25) is 0 Å². The van der Waals surface area contributed by atoms with E-state index in [1.807, 2.05) is 29.2 Å². The van der Waals surface area contributed by atoms with Gasteiger partial charge < -0.3 is 19.4 Å². The number of hydrogen-bond donors (Lipinski definition) is 2. The monoisotopic (exact) mass is 660 g/mol. The van der Waals surface area contributed by atoms with Gasteiger partial charge in [0.1, 0.15) is 17.4 Å². The van der Waals surface area contributed by atoms with Crippen LogP contribution in [0, 0.1) is 5.82 Å². The summed E-state index contributed by atoms with van der Waals surface area (Å²) in [5, 5.41) is 11.3. The molecule has 0 saturated carbocycles. The van der Waals surface area contributed by atoms with Crippen LogP contribution >= 0.6 is 11.3 Å². The van der Waals surface area contributed by atoms with Crippen molar-refractivity contribution in [2.75, 3.05) is 18.5 Å². The maximum atomic E-state index is 14.1. The van der Waals surface area contributed by atoms with Gasteiger partial charge in [-0.15, -0.1) is 16.4 Å². The minimum atomic E-state index is -0.698. The number of aryl methyl sites for hydroxylation is 2. The molecule has 0 unspecified atom stereocenters. The lowest BCUT2D eigenvalue weighted by Gasteiger charge is -2.27. The van der Waals surface area contributed by atoms with Gasteiger partial charge in [-0.3, -0.25) is 9.78 Å². The van der Waals surface area contributed by atoms with Crippen molar-refractivity contribution in [1.82, 2.24) is 25.1 Å². The molecule has 1 amide bonds. The smallest absolute Gasteiger partial charge is 0.434 e. The summed E-state index contributed by atoms with van der Waals surface area (Å²) >= 11 is 1.53. The molecule has 0 spiro atoms. The first-order chi connectivity index (χ1) is 23.5. The van der Waals surface area contributed by atoms with Crippen molar-refractivity contribution in [2.45, 2.75) is 44.2 Å². The van der Waals surface area contributed by atoms with Gasteiger partial charge in [0.2, 0.25) is 0 Å². The highest BCUT2D eigenvalue weighted by molar-refractivity contribution is 7.23. The van der Waals surface area contributed by atoms with Crippen LogP contribution in [0.4, 0.5) is 10.2 Å². The maximum absolute atomic E-state index is 14.1. The van der Waals surface area contributed by atoms with Crippen LogP contribution in [-0.4, -0.2) is 44.1 Å². The minimum absolute atomic E-state index is 0.0180. The molecular formula is C36H29FN6O4S. The number of nitrogens with one attached hydrogen (secondary N) is 2. The number of anilines is 1. The van der Waals surface area contributed by atoms with E-state index in [4.69, 9.17) is 19.1 Å². The second-order valence-electron chi connectivity index (χ2n) is 12.3. The summed E-state index contributed by atoms with van der Waals surface area (Å²) in [5.74, 6) is 0.609. The molecule has 0 aliphatic carbocycles. The molecule has 6 aromatic rings. The Morgan fingerprint density at radius 3 is 2.75 bits per heavy atom. The number of fused-ring (bicyclic) bond motifs is 5. The van der Waals surface area contributed by atoms with Gasteiger partial charge in [0.05, 0.1) is 45.9 Å². The van der Waals surface area contributed by atoms with Crippen molar-refractivity contribution in [3.63, 3.8) is 0 Å². The Balaban J connectivity index is 1.22. The highest BCUT2D eigenvalue weighted by Crippen LogP contribution is 2.50. The molecular weight excluding hydrogens is 631 g/mol. The highest BCUT2D eigenvalue weighted by Gasteiger charge is 2.45. The van der Waals surface area contributed by atoms with E-state index in [0.717, 1.165) is 62.6 Å². The number of carbonyl (C=O) groups is 1. The third-order valence-corrected chi connectivity index (χ3v) is 10.7. The molecule has 2 atom stereocenters. The third kappa shape index (κ3) is 4.78. The topological polar surface area (TPSA) is 126 Å². The van der Waals surface area contributed by atoms with Gasteiger partial charge in [-0.2, -0.15) is 0 Å². The quantitative estimate of drug-likeness (QED) is 0.190. The van der Waals surface area contributed by atoms with Gasteiger partial charge in [0.15, 0.2) is 0 Å². The van der Waals surface area contributed by atoms with Gasteiger partial charge in [-0.05, 0) is 67.0 Å². The van der Waals surface area contributed by atoms with Crippen molar-refractivity contribution in [2.24, 2.45) is 0 Å². The van der Waals surface area contributed by atoms with E-state index in [1.165, 1.54) is 23.5 Å². The number of thiophene rings is 1. The molecule has 7 heterocycles. The Morgan fingerprint density at radius 2 is 1.90 bits per heavy atom. The molecule has 2 N–H and O–H groups in total. The predicted octanol–water partition coefficient (Wildman–Crippen LogP) is 6.85. The van der Waals surface area contributed by atoms with Gasteiger partial charge in [0.25, 0.3) is 11.8 Å². The van der Waals surface area contributed by atoms with E-state index in [1.54, 1.807) is 18.3 Å². The number of nitrogens with zero attached hydrogens (tertiary/aromatic N) is 4. The van der Waals surface area contributed by atoms with E-state index < -0.39 is 5.76 Å². The number of aromatic amines is 1. The summed E-state index contributed by atoms with van der Waals surface area (Å²) < 4.78 is 26.1. The number of amides is 1. The van der Waals surface area contributed by atoms with E-state index in [0.29, 0.717) is 48.4 Å². The van der Waals surface area contributed by atoms with Crippen LogP contribution < -0.4 is 15.8 Å². The number of carbonyl (C=O) groups excluding carboxylic acids is 1. The first-order valence-electron chi connectivity index (χ1n) is 16.1. The molecule has 2 aromatic carbocycles. The fourth-order valence-electron chi connectivity index (χ4n) is 7.31. The highest BCUT2D eigenvalue weighted by atomic mass is 32.1. The van der Waals surface area contributed by atoms with E-state index in [-0.39, 0.29) is 29.7 Å². The Kier molecular flexibility index (Phi) is 6.85. The molecule has 240 valence electrons. The molecule has 0 bridgehead atoms. The molecule has 4 aromatic heterocycles. The SMILES string of the molecule is O=C1c2c(nc(CCc3ccc(F)cc3)c(-c3n[nH]c(=O)o3)c2-c2cc3ccnc(N[C@H]4CCOc5ccccc54)c3s2)[C@H]2CCCN12. The third-order valence-electron chi connectivity index (χ3n) is 9.51.